The Morgan fingerprint density at radius 1 is 0.925 bits per heavy atom. The number of carbonyl (C=O) groups is 1. The molecule has 1 N–H and O–H groups in total. The van der Waals surface area contributed by atoms with Crippen LogP contribution in [0.1, 0.15) is 10.4 Å². The van der Waals surface area contributed by atoms with Crippen LogP contribution in [0.15, 0.2) is 54.9 Å². The molecule has 40 heavy (non-hydrogen) atoms. The van der Waals surface area contributed by atoms with Crippen molar-refractivity contribution in [3.05, 3.63) is 60.4 Å². The first kappa shape index (κ1) is 26.2. The molecule has 0 saturated carbocycles. The summed E-state index contributed by atoms with van der Waals surface area (Å²) in [4.78, 5) is 30.8. The summed E-state index contributed by atoms with van der Waals surface area (Å²) in [5.41, 5.74) is 5.13. The molecule has 2 aliphatic heterocycles. The van der Waals surface area contributed by atoms with Crippen molar-refractivity contribution in [1.82, 2.24) is 24.4 Å². The second-order valence-corrected chi connectivity index (χ2v) is 9.83. The molecule has 2 saturated heterocycles. The molecule has 2 aromatic carbocycles. The van der Waals surface area contributed by atoms with E-state index in [9.17, 15) is 4.79 Å². The average molecular weight is 544 g/mol. The fourth-order valence-corrected chi connectivity index (χ4v) is 4.97. The van der Waals surface area contributed by atoms with E-state index >= 15 is 0 Å². The highest BCUT2D eigenvalue weighted by Crippen LogP contribution is 2.28. The Morgan fingerprint density at radius 2 is 1.68 bits per heavy atom. The molecule has 0 radical (unpaired) electrons. The van der Waals surface area contributed by atoms with Crippen molar-refractivity contribution in [2.75, 3.05) is 76.5 Å². The number of fused-ring (bicyclic) bond motifs is 1. The van der Waals surface area contributed by atoms with Gasteiger partial charge in [0.25, 0.3) is 0 Å². The molecule has 4 heterocycles. The van der Waals surface area contributed by atoms with E-state index in [0.29, 0.717) is 30.5 Å². The Bertz CT molecular complexity index is 1460. The summed E-state index contributed by atoms with van der Waals surface area (Å²) in [7, 11) is 1.37. The van der Waals surface area contributed by atoms with E-state index in [2.05, 4.69) is 36.8 Å². The van der Waals surface area contributed by atoms with Gasteiger partial charge in [0.15, 0.2) is 0 Å². The van der Waals surface area contributed by atoms with Crippen LogP contribution >= 0.6 is 0 Å². The van der Waals surface area contributed by atoms with Crippen LogP contribution in [-0.4, -0.2) is 96.6 Å². The first-order valence-electron chi connectivity index (χ1n) is 13.6. The number of benzene rings is 2. The topological polar surface area (TPSA) is 107 Å². The summed E-state index contributed by atoms with van der Waals surface area (Å²) in [5.74, 6) is 0.943. The van der Waals surface area contributed by atoms with Crippen LogP contribution in [0.2, 0.25) is 0 Å². The van der Waals surface area contributed by atoms with Crippen LogP contribution in [0.5, 0.6) is 0 Å². The van der Waals surface area contributed by atoms with Gasteiger partial charge in [-0.1, -0.05) is 6.07 Å². The van der Waals surface area contributed by atoms with E-state index in [1.807, 2.05) is 30.6 Å². The lowest BCUT2D eigenvalue weighted by Gasteiger charge is -2.27. The van der Waals surface area contributed by atoms with Crippen LogP contribution in [0, 0.1) is 0 Å². The van der Waals surface area contributed by atoms with Gasteiger partial charge in [0.05, 0.1) is 62.2 Å². The summed E-state index contributed by atoms with van der Waals surface area (Å²) in [5, 5.41) is 3.38. The van der Waals surface area contributed by atoms with Gasteiger partial charge in [-0.3, -0.25) is 4.90 Å². The van der Waals surface area contributed by atoms with Crippen molar-refractivity contribution in [3.63, 3.8) is 0 Å². The first-order chi connectivity index (χ1) is 19.7. The fraction of sp³-hybridized carbons (Fsp3) is 0.379. The van der Waals surface area contributed by atoms with E-state index in [0.717, 1.165) is 80.5 Å². The van der Waals surface area contributed by atoms with Gasteiger partial charge >= 0.3 is 5.97 Å². The first-order valence-corrected chi connectivity index (χ1v) is 13.6. The fourth-order valence-electron chi connectivity index (χ4n) is 4.97. The van der Waals surface area contributed by atoms with Crippen molar-refractivity contribution in [3.8, 4) is 11.3 Å². The number of methoxy groups -OCH3 is 1. The minimum Gasteiger partial charge on any atom is -0.465 e. The normalized spacial score (nSPS) is 16.3. The zero-order valence-corrected chi connectivity index (χ0v) is 22.6. The third kappa shape index (κ3) is 5.91. The largest absolute Gasteiger partial charge is 0.465 e. The number of anilines is 3. The number of rotatable bonds is 8. The molecule has 208 valence electrons. The van der Waals surface area contributed by atoms with E-state index in [4.69, 9.17) is 24.2 Å². The summed E-state index contributed by atoms with van der Waals surface area (Å²) in [6.07, 6.45) is 1.92. The van der Waals surface area contributed by atoms with Gasteiger partial charge in [-0.05, 0) is 36.4 Å². The quantitative estimate of drug-likeness (QED) is 0.333. The number of aromatic nitrogens is 4. The molecule has 0 spiro atoms. The number of hydrogen-bond donors (Lipinski definition) is 1. The Hall–Kier alpha value is -4.06. The molecule has 2 aromatic heterocycles. The summed E-state index contributed by atoms with van der Waals surface area (Å²) in [6, 6.07) is 15.3. The van der Waals surface area contributed by atoms with Crippen molar-refractivity contribution < 1.29 is 19.0 Å². The molecule has 2 fully saturated rings. The monoisotopic (exact) mass is 543 g/mol. The van der Waals surface area contributed by atoms with Gasteiger partial charge in [0, 0.05) is 56.6 Å². The third-order valence-corrected chi connectivity index (χ3v) is 7.26. The zero-order valence-electron chi connectivity index (χ0n) is 22.6. The lowest BCUT2D eigenvalue weighted by atomic mass is 10.1. The standard InChI is InChI=1S/C29H33N7O4/c1-38-28(37)21-2-5-23(6-3-21)31-27-19-25(32-29(33-27)35-12-16-40-17-13-35)22-4-7-24-26(18-22)36(20-30-24)9-8-34-10-14-39-15-11-34/h2-7,18-20H,8-17H2,1H3,(H,31,32,33). The molecule has 0 amide bonds. The van der Waals surface area contributed by atoms with E-state index in [1.165, 1.54) is 7.11 Å². The van der Waals surface area contributed by atoms with Crippen LogP contribution in [0.3, 0.4) is 0 Å². The molecule has 0 unspecified atom stereocenters. The predicted molar refractivity (Wildman–Crippen MR) is 152 cm³/mol. The van der Waals surface area contributed by atoms with Gasteiger partial charge < -0.3 is 29.0 Å². The van der Waals surface area contributed by atoms with Gasteiger partial charge in [-0.15, -0.1) is 0 Å². The molecule has 0 bridgehead atoms. The average Bonchev–Trinajstić information content (AvgIpc) is 3.43. The Balaban J connectivity index is 1.30. The van der Waals surface area contributed by atoms with Crippen LogP contribution in [0.4, 0.5) is 17.5 Å². The van der Waals surface area contributed by atoms with E-state index in [1.54, 1.807) is 12.1 Å². The third-order valence-electron chi connectivity index (χ3n) is 7.26. The number of imidazole rings is 1. The maximum atomic E-state index is 11.8. The molecular weight excluding hydrogens is 510 g/mol. The Labute approximate surface area is 232 Å². The number of esters is 1. The molecular formula is C29H33N7O4. The van der Waals surface area contributed by atoms with Crippen LogP contribution in [0.25, 0.3) is 22.3 Å². The second-order valence-electron chi connectivity index (χ2n) is 9.83. The number of carbonyl (C=O) groups excluding carboxylic acids is 1. The number of ether oxygens (including phenoxy) is 3. The number of morpholine rings is 2. The van der Waals surface area contributed by atoms with Crippen LogP contribution in [-0.2, 0) is 20.8 Å². The SMILES string of the molecule is COC(=O)c1ccc(Nc2cc(-c3ccc4ncn(CCN5CCOCC5)c4c3)nc(N3CCOCC3)n2)cc1. The highest BCUT2D eigenvalue weighted by atomic mass is 16.5. The minimum absolute atomic E-state index is 0.370. The maximum absolute atomic E-state index is 11.8. The Kier molecular flexibility index (Phi) is 7.85. The predicted octanol–water partition coefficient (Wildman–Crippen LogP) is 3.19. The molecule has 0 atom stereocenters. The maximum Gasteiger partial charge on any atom is 0.337 e. The zero-order chi connectivity index (χ0) is 27.3. The number of nitrogens with zero attached hydrogens (tertiary/aromatic N) is 6. The lowest BCUT2D eigenvalue weighted by Crippen LogP contribution is -2.38. The van der Waals surface area contributed by atoms with Crippen LogP contribution < -0.4 is 10.2 Å². The summed E-state index contributed by atoms with van der Waals surface area (Å²) >= 11 is 0. The van der Waals surface area contributed by atoms with E-state index in [-0.39, 0.29) is 5.97 Å². The van der Waals surface area contributed by atoms with Crippen molar-refractivity contribution in [2.24, 2.45) is 0 Å². The van der Waals surface area contributed by atoms with Crippen molar-refractivity contribution in [2.45, 2.75) is 6.54 Å². The Morgan fingerprint density at radius 3 is 2.42 bits per heavy atom. The smallest absolute Gasteiger partial charge is 0.337 e. The highest BCUT2D eigenvalue weighted by molar-refractivity contribution is 5.89. The summed E-state index contributed by atoms with van der Waals surface area (Å²) < 4.78 is 18.1. The van der Waals surface area contributed by atoms with Crippen molar-refractivity contribution >= 4 is 34.5 Å². The molecule has 0 aliphatic carbocycles. The van der Waals surface area contributed by atoms with Gasteiger partial charge in [-0.2, -0.15) is 4.98 Å². The van der Waals surface area contributed by atoms with E-state index < -0.39 is 0 Å². The van der Waals surface area contributed by atoms with Gasteiger partial charge in [0.1, 0.15) is 5.82 Å². The summed E-state index contributed by atoms with van der Waals surface area (Å²) in [6.45, 7) is 8.05. The lowest BCUT2D eigenvalue weighted by molar-refractivity contribution is 0.0365. The minimum atomic E-state index is -0.370. The number of nitrogens with one attached hydrogen (secondary N) is 1. The molecule has 11 heteroatoms. The van der Waals surface area contributed by atoms with Gasteiger partial charge in [-0.25, -0.2) is 14.8 Å². The van der Waals surface area contributed by atoms with Gasteiger partial charge in [0.2, 0.25) is 5.95 Å². The molecule has 11 nitrogen and oxygen atoms in total. The molecule has 2 aliphatic rings. The number of hydrogen-bond acceptors (Lipinski definition) is 10. The van der Waals surface area contributed by atoms with Crippen molar-refractivity contribution in [1.29, 1.82) is 0 Å². The molecule has 6 rings (SSSR count). The second kappa shape index (κ2) is 12.0. The highest BCUT2D eigenvalue weighted by Gasteiger charge is 2.18. The molecule has 4 aromatic rings.